The van der Waals surface area contributed by atoms with Crippen LogP contribution in [0.25, 0.3) is 0 Å². The molecular weight excluding hydrogens is 419 g/mol. The number of H-pyrrole nitrogens is 1. The molecular formula is C13H15IN4O5. The Morgan fingerprint density at radius 2 is 2.09 bits per heavy atom. The monoisotopic (exact) mass is 434 g/mol. The van der Waals surface area contributed by atoms with Gasteiger partial charge in [0.2, 0.25) is 0 Å². The topological polar surface area (TPSA) is 130 Å². The zero-order chi connectivity index (χ0) is 16.8. The normalized spacial score (nSPS) is 23.2. The third-order valence-corrected chi connectivity index (χ3v) is 3.86. The van der Waals surface area contributed by atoms with Gasteiger partial charge < -0.3 is 14.9 Å². The van der Waals surface area contributed by atoms with Gasteiger partial charge in [-0.1, -0.05) is 0 Å². The molecule has 0 radical (unpaired) electrons. The number of aliphatic hydroxyl groups is 2. The molecule has 0 spiro atoms. The number of nitrogens with zero attached hydrogens (tertiary/aromatic N) is 3. The van der Waals surface area contributed by atoms with Crippen molar-refractivity contribution in [3.63, 3.8) is 0 Å². The first-order valence-electron chi connectivity index (χ1n) is 6.68. The van der Waals surface area contributed by atoms with Crippen molar-refractivity contribution < 1.29 is 14.9 Å². The Balaban J connectivity index is 0.000000268. The minimum absolute atomic E-state index is 0.202. The van der Waals surface area contributed by atoms with Crippen molar-refractivity contribution in [1.82, 2.24) is 19.5 Å². The largest absolute Gasteiger partial charge is 0.394 e. The molecule has 3 N–H and O–H groups in total. The van der Waals surface area contributed by atoms with E-state index in [4.69, 9.17) is 9.84 Å². The summed E-state index contributed by atoms with van der Waals surface area (Å²) in [5.74, 6) is 0. The molecule has 0 saturated carbocycles. The van der Waals surface area contributed by atoms with Gasteiger partial charge in [-0.05, 0) is 28.7 Å². The SMILES string of the molecule is O=c1[nH]c(=O)n(C2C[C@H](O)[C@@H](CO)O2)cc1I.c1cncnc1. The van der Waals surface area contributed by atoms with Crippen LogP contribution in [-0.4, -0.2) is 48.5 Å². The standard InChI is InChI=1S/C9H11IN2O5.C4H4N2/c10-4-2-12(9(16)11-8(4)15)7-1-5(14)6(3-13)17-7;1-2-5-4-6-3-1/h2,5-7,13-14H,1,3H2,(H,11,15,16);1-4H/t5-,6+,7?;/m0./s1. The summed E-state index contributed by atoms with van der Waals surface area (Å²) in [6, 6.07) is 1.78. The Bertz CT molecular complexity index is 708. The zero-order valence-corrected chi connectivity index (χ0v) is 14.0. The molecule has 124 valence electrons. The van der Waals surface area contributed by atoms with E-state index in [1.807, 2.05) is 0 Å². The molecule has 1 aliphatic heterocycles. The minimum Gasteiger partial charge on any atom is -0.394 e. The number of hydrogen-bond donors (Lipinski definition) is 3. The van der Waals surface area contributed by atoms with Crippen LogP contribution in [0.4, 0.5) is 0 Å². The number of aromatic nitrogens is 4. The maximum atomic E-state index is 11.6. The first-order valence-corrected chi connectivity index (χ1v) is 7.76. The molecule has 3 atom stereocenters. The maximum absolute atomic E-state index is 11.6. The average Bonchev–Trinajstić information content (AvgIpc) is 2.94. The summed E-state index contributed by atoms with van der Waals surface area (Å²) >= 11 is 1.80. The van der Waals surface area contributed by atoms with E-state index in [1.54, 1.807) is 41.1 Å². The summed E-state index contributed by atoms with van der Waals surface area (Å²) in [5, 5.41) is 18.5. The zero-order valence-electron chi connectivity index (χ0n) is 11.9. The van der Waals surface area contributed by atoms with Gasteiger partial charge in [-0.2, -0.15) is 0 Å². The fourth-order valence-electron chi connectivity index (χ4n) is 1.98. The minimum atomic E-state index is -0.818. The highest BCUT2D eigenvalue weighted by molar-refractivity contribution is 14.1. The summed E-state index contributed by atoms with van der Waals surface area (Å²) in [4.78, 5) is 32.2. The molecule has 3 rings (SSSR count). The van der Waals surface area contributed by atoms with E-state index in [0.717, 1.165) is 0 Å². The van der Waals surface area contributed by atoms with Gasteiger partial charge in [-0.25, -0.2) is 14.8 Å². The van der Waals surface area contributed by atoms with E-state index in [2.05, 4.69) is 15.0 Å². The van der Waals surface area contributed by atoms with E-state index in [0.29, 0.717) is 3.57 Å². The van der Waals surface area contributed by atoms with Crippen molar-refractivity contribution in [2.24, 2.45) is 0 Å². The van der Waals surface area contributed by atoms with Crippen molar-refractivity contribution in [2.75, 3.05) is 6.61 Å². The predicted octanol–water partition coefficient (Wildman–Crippen LogP) is -0.742. The fourth-order valence-corrected chi connectivity index (χ4v) is 2.41. The number of halogens is 1. The number of aromatic amines is 1. The van der Waals surface area contributed by atoms with E-state index < -0.39 is 29.7 Å². The number of hydrogen-bond acceptors (Lipinski definition) is 7. The second-order valence-corrected chi connectivity index (χ2v) is 5.82. The highest BCUT2D eigenvalue weighted by atomic mass is 127. The Morgan fingerprint density at radius 1 is 1.39 bits per heavy atom. The van der Waals surface area contributed by atoms with E-state index >= 15 is 0 Å². The third-order valence-electron chi connectivity index (χ3n) is 3.10. The molecule has 2 aromatic rings. The predicted molar refractivity (Wildman–Crippen MR) is 87.7 cm³/mol. The molecule has 23 heavy (non-hydrogen) atoms. The van der Waals surface area contributed by atoms with Gasteiger partial charge in [0.15, 0.2) is 0 Å². The molecule has 9 nitrogen and oxygen atoms in total. The van der Waals surface area contributed by atoms with Gasteiger partial charge in [-0.3, -0.25) is 14.3 Å². The van der Waals surface area contributed by atoms with Crippen LogP contribution in [0.3, 0.4) is 0 Å². The summed E-state index contributed by atoms with van der Waals surface area (Å²) in [6.07, 6.45) is 4.27. The van der Waals surface area contributed by atoms with E-state index in [1.165, 1.54) is 17.1 Å². The van der Waals surface area contributed by atoms with Gasteiger partial charge in [0.25, 0.3) is 5.56 Å². The number of rotatable bonds is 2. The lowest BCUT2D eigenvalue weighted by atomic mass is 10.2. The van der Waals surface area contributed by atoms with Gasteiger partial charge >= 0.3 is 5.69 Å². The van der Waals surface area contributed by atoms with Crippen molar-refractivity contribution in [2.45, 2.75) is 24.9 Å². The summed E-state index contributed by atoms with van der Waals surface area (Å²) < 4.78 is 6.89. The fraction of sp³-hybridized carbons (Fsp3) is 0.385. The highest BCUT2D eigenvalue weighted by Crippen LogP contribution is 2.27. The van der Waals surface area contributed by atoms with Crippen LogP contribution in [0.15, 0.2) is 40.6 Å². The van der Waals surface area contributed by atoms with Gasteiger partial charge in [0, 0.05) is 25.0 Å². The third kappa shape index (κ3) is 4.67. The first kappa shape index (κ1) is 17.7. The van der Waals surface area contributed by atoms with Crippen LogP contribution in [0.2, 0.25) is 0 Å². The molecule has 0 aromatic carbocycles. The van der Waals surface area contributed by atoms with Crippen LogP contribution >= 0.6 is 22.6 Å². The number of ether oxygens (including phenoxy) is 1. The molecule has 10 heteroatoms. The van der Waals surface area contributed by atoms with Crippen molar-refractivity contribution >= 4 is 22.6 Å². The molecule has 1 unspecified atom stereocenters. The van der Waals surface area contributed by atoms with Crippen molar-refractivity contribution in [3.8, 4) is 0 Å². The molecule has 2 aromatic heterocycles. The molecule has 1 aliphatic rings. The van der Waals surface area contributed by atoms with Crippen LogP contribution in [-0.2, 0) is 4.74 Å². The van der Waals surface area contributed by atoms with Crippen LogP contribution in [0, 0.1) is 3.57 Å². The first-order chi connectivity index (χ1) is 11.0. The Kier molecular flexibility index (Phi) is 6.38. The molecule has 1 fully saturated rings. The lowest BCUT2D eigenvalue weighted by molar-refractivity contribution is -0.0459. The molecule has 0 amide bonds. The quantitative estimate of drug-likeness (QED) is 0.531. The molecule has 3 heterocycles. The van der Waals surface area contributed by atoms with Crippen LogP contribution < -0.4 is 11.2 Å². The molecule has 1 saturated heterocycles. The Hall–Kier alpha value is -1.63. The Labute approximate surface area is 144 Å². The second kappa shape index (κ2) is 8.29. The number of nitrogens with one attached hydrogen (secondary N) is 1. The smallest absolute Gasteiger partial charge is 0.330 e. The highest BCUT2D eigenvalue weighted by Gasteiger charge is 2.35. The second-order valence-electron chi connectivity index (χ2n) is 4.66. The average molecular weight is 434 g/mol. The summed E-state index contributed by atoms with van der Waals surface area (Å²) in [6.45, 7) is -0.313. The molecule has 0 bridgehead atoms. The summed E-state index contributed by atoms with van der Waals surface area (Å²) in [5.41, 5.74) is -1.05. The lowest BCUT2D eigenvalue weighted by Gasteiger charge is -2.14. The van der Waals surface area contributed by atoms with Crippen LogP contribution in [0.1, 0.15) is 12.6 Å². The van der Waals surface area contributed by atoms with Crippen molar-refractivity contribution in [1.29, 1.82) is 0 Å². The Morgan fingerprint density at radius 3 is 2.57 bits per heavy atom. The number of aliphatic hydroxyl groups excluding tert-OH is 2. The van der Waals surface area contributed by atoms with E-state index in [9.17, 15) is 14.7 Å². The van der Waals surface area contributed by atoms with E-state index in [-0.39, 0.29) is 13.0 Å². The summed E-state index contributed by atoms with van der Waals surface area (Å²) in [7, 11) is 0. The van der Waals surface area contributed by atoms with Gasteiger partial charge in [0.1, 0.15) is 18.7 Å². The van der Waals surface area contributed by atoms with Crippen molar-refractivity contribution in [3.05, 3.63) is 55.4 Å². The van der Waals surface area contributed by atoms with Gasteiger partial charge in [-0.15, -0.1) is 0 Å². The lowest BCUT2D eigenvalue weighted by Crippen LogP contribution is -2.33. The van der Waals surface area contributed by atoms with Gasteiger partial charge in [0.05, 0.1) is 16.3 Å². The van der Waals surface area contributed by atoms with Crippen LogP contribution in [0.5, 0.6) is 0 Å². The molecule has 0 aliphatic carbocycles. The maximum Gasteiger partial charge on any atom is 0.330 e.